The summed E-state index contributed by atoms with van der Waals surface area (Å²) in [6, 6.07) is 22.5. The lowest BCUT2D eigenvalue weighted by atomic mass is 9.88. The first-order valence-electron chi connectivity index (χ1n) is 44.8. The number of ether oxygens (including phenoxy) is 7. The molecule has 0 radical (unpaired) electrons. The smallest absolute Gasteiger partial charge is 0.307 e. The fraction of sp³-hybridized carbons (Fsp3) is 0.562. The Morgan fingerprint density at radius 3 is 1.04 bits per heavy atom. The van der Waals surface area contributed by atoms with Gasteiger partial charge in [0.15, 0.2) is 34.7 Å². The van der Waals surface area contributed by atoms with E-state index in [1.165, 1.54) is 75.4 Å². The van der Waals surface area contributed by atoms with Gasteiger partial charge in [0.1, 0.15) is 30.3 Å². The van der Waals surface area contributed by atoms with Gasteiger partial charge >= 0.3 is 23.9 Å². The Morgan fingerprint density at radius 1 is 0.351 bits per heavy atom. The molecule has 4 aromatic rings. The van der Waals surface area contributed by atoms with Crippen molar-refractivity contribution in [3.05, 3.63) is 131 Å². The summed E-state index contributed by atoms with van der Waals surface area (Å²) in [6.45, 7) is 16.1. The van der Waals surface area contributed by atoms with Gasteiger partial charge in [0, 0.05) is 117 Å². The lowest BCUT2D eigenvalue weighted by Gasteiger charge is -2.27. The van der Waals surface area contributed by atoms with Crippen molar-refractivity contribution in [1.29, 1.82) is 0 Å². The van der Waals surface area contributed by atoms with Gasteiger partial charge in [0.25, 0.3) is 0 Å². The molecule has 0 aliphatic carbocycles. The van der Waals surface area contributed by atoms with Gasteiger partial charge in [-0.3, -0.25) is 96.7 Å². The molecule has 10 atom stereocenters. The molecule has 0 spiro atoms. The molecule has 134 heavy (non-hydrogen) atoms. The maximum absolute atomic E-state index is 14.6. The second-order valence-electron chi connectivity index (χ2n) is 34.5. The molecule has 0 aliphatic heterocycles. The molecule has 0 saturated heterocycles. The van der Waals surface area contributed by atoms with Crippen LogP contribution in [0.15, 0.2) is 109 Å². The van der Waals surface area contributed by atoms with Crippen LogP contribution in [0.3, 0.4) is 0 Å². The van der Waals surface area contributed by atoms with Crippen molar-refractivity contribution in [2.24, 2.45) is 35.5 Å². The van der Waals surface area contributed by atoms with Crippen LogP contribution < -0.4 is 42.9 Å². The van der Waals surface area contributed by atoms with Gasteiger partial charge in [-0.25, -0.2) is 11.0 Å². The van der Waals surface area contributed by atoms with E-state index in [0.29, 0.717) is 37.4 Å². The summed E-state index contributed by atoms with van der Waals surface area (Å²) in [5, 5.41) is 62.8. The number of esters is 3. The minimum absolute atomic E-state index is 0.00122. The van der Waals surface area contributed by atoms with E-state index in [9.17, 15) is 102 Å². The zero-order chi connectivity index (χ0) is 99.8. The van der Waals surface area contributed by atoms with Crippen molar-refractivity contribution in [1.82, 2.24) is 42.9 Å². The number of phenols is 2. The van der Waals surface area contributed by atoms with Crippen LogP contribution >= 0.6 is 0 Å². The molecule has 0 aliphatic rings. The topological polar surface area (TPSA) is 569 Å². The van der Waals surface area contributed by atoms with Gasteiger partial charge in [0.05, 0.1) is 87.4 Å². The first kappa shape index (κ1) is 116. The highest BCUT2D eigenvalue weighted by atomic mass is 16.6. The molecule has 740 valence electrons. The van der Waals surface area contributed by atoms with E-state index in [-0.39, 0.29) is 146 Å². The summed E-state index contributed by atoms with van der Waals surface area (Å²) in [4.78, 5) is 239. The molecule has 4 aromatic carbocycles. The number of hydrogen-bond acceptors (Lipinski definition) is 29. The number of ketones is 6. The number of hydroxylamine groups is 2. The zero-order valence-corrected chi connectivity index (χ0v) is 78.5. The second-order valence-corrected chi connectivity index (χ2v) is 34.5. The molecule has 8 amide bonds. The highest BCUT2D eigenvalue weighted by Gasteiger charge is 2.39. The van der Waals surface area contributed by atoms with Crippen LogP contribution in [0, 0.1) is 35.5 Å². The van der Waals surface area contributed by atoms with Gasteiger partial charge in [-0.15, -0.1) is 0 Å². The van der Waals surface area contributed by atoms with Gasteiger partial charge in [-0.2, -0.15) is 0 Å². The van der Waals surface area contributed by atoms with Crippen molar-refractivity contribution in [2.75, 3.05) is 53.9 Å². The molecule has 0 bridgehead atoms. The average Bonchev–Trinajstić information content (AvgIpc) is 0.847. The fourth-order valence-corrected chi connectivity index (χ4v) is 13.9. The van der Waals surface area contributed by atoms with Crippen molar-refractivity contribution in [3.63, 3.8) is 0 Å². The van der Waals surface area contributed by atoms with Gasteiger partial charge < -0.3 is 80.4 Å². The number of aromatic hydroxyl groups is 2. The first-order valence-corrected chi connectivity index (χ1v) is 44.8. The number of hydrogen-bond donors (Lipinski definition) is 13. The van der Waals surface area contributed by atoms with E-state index < -0.39 is 216 Å². The number of aliphatic carboxylic acids is 1. The maximum Gasteiger partial charge on any atom is 0.307 e. The summed E-state index contributed by atoms with van der Waals surface area (Å²) in [5.41, 5.74) is 4.58. The number of nitrogens with one attached hydrogen (secondary N) is 8. The van der Waals surface area contributed by atoms with Crippen molar-refractivity contribution < 1.29 is 145 Å². The summed E-state index contributed by atoms with van der Waals surface area (Å²) in [5.74, 6) is -19.0. The zero-order valence-electron chi connectivity index (χ0n) is 78.5. The lowest BCUT2D eigenvalue weighted by Crippen LogP contribution is -2.49. The third-order valence-electron chi connectivity index (χ3n) is 20.8. The highest BCUT2D eigenvalue weighted by molar-refractivity contribution is 6.00. The van der Waals surface area contributed by atoms with Crippen LogP contribution in [0.1, 0.15) is 213 Å². The van der Waals surface area contributed by atoms with Crippen LogP contribution in [0.25, 0.3) is 0 Å². The van der Waals surface area contributed by atoms with Crippen LogP contribution in [0.5, 0.6) is 11.5 Å². The minimum atomic E-state index is -1.49. The number of rotatable bonds is 66. The average molecular weight is 1880 g/mol. The molecule has 13 N–H and O–H groups in total. The quantitative estimate of drug-likeness (QED) is 0.00691. The minimum Gasteiger partial charge on any atom is -0.508 e. The van der Waals surface area contributed by atoms with Crippen molar-refractivity contribution in [2.45, 2.75) is 259 Å². The molecule has 0 aromatic heterocycles. The number of amides is 8. The van der Waals surface area contributed by atoms with Crippen molar-refractivity contribution >= 4 is 106 Å². The number of methoxy groups -OCH3 is 2. The molecular weight excluding hydrogens is 1750 g/mol. The van der Waals surface area contributed by atoms with Crippen LogP contribution in [-0.2, 0) is 146 Å². The number of phenolic OH excluding ortho intramolecular Hbond substituents is 2. The Morgan fingerprint density at radius 2 is 0.687 bits per heavy atom. The largest absolute Gasteiger partial charge is 0.508 e. The molecule has 4 rings (SSSR count). The Kier molecular flexibility index (Phi) is 55.4. The number of carbonyl (C=O) groups is 18. The number of carbonyl (C=O) groups excluding carboxylic acids is 17. The van der Waals surface area contributed by atoms with Crippen LogP contribution in [-0.4, -0.2) is 227 Å². The SMILES string of the molecule is COCCOCCCC(=O)[C@@H](CCC(=O)NO)NC(=O)[C@H](CCC(=O)NO)CC(=O)[C@@H](CC(C)C)NC(=O)[C@H](CC(=O)O)CC(=O)[C@H](Cc1ccc(O)cc1)NC(C)=O.COCCOCCCC(=O)[C@@H](CCC(=O)OCc1ccccc1)NC(=O)[C@H](CCC(=O)OCc1ccccc1)CC(=O)[C@@H](CC(C)C)NC(=O)[C@H](CC(=O)OC(C)(C)C)CC(=O)[C@H](Cc1ccc(O)cc1)NC(C)=O. The Bertz CT molecular complexity index is 4410. The molecule has 0 fully saturated rings. The Balaban J connectivity index is 0.000000711. The van der Waals surface area contributed by atoms with Crippen molar-refractivity contribution in [3.8, 4) is 11.5 Å². The fourth-order valence-electron chi connectivity index (χ4n) is 13.9. The third-order valence-corrected chi connectivity index (χ3v) is 20.8. The van der Waals surface area contributed by atoms with Crippen LogP contribution in [0.2, 0.25) is 0 Å². The molecular formula is C96H136N8O30. The molecule has 38 heteroatoms. The van der Waals surface area contributed by atoms with E-state index in [4.69, 9.17) is 43.6 Å². The predicted octanol–water partition coefficient (Wildman–Crippen LogP) is 7.06. The summed E-state index contributed by atoms with van der Waals surface area (Å²) >= 11 is 0. The number of Topliss-reactive ketones (excluding diaryl/α,β-unsaturated/α-hetero) is 6. The van der Waals surface area contributed by atoms with Gasteiger partial charge in [0.2, 0.25) is 47.3 Å². The molecule has 38 nitrogen and oxygen atoms in total. The Hall–Kier alpha value is -12.1. The van der Waals surface area contributed by atoms with E-state index in [1.54, 1.807) is 95.3 Å². The predicted molar refractivity (Wildman–Crippen MR) is 484 cm³/mol. The summed E-state index contributed by atoms with van der Waals surface area (Å²) in [7, 11) is 3.03. The molecule has 0 unspecified atom stereocenters. The van der Waals surface area contributed by atoms with E-state index >= 15 is 0 Å². The normalized spacial score (nSPS) is 13.4. The summed E-state index contributed by atoms with van der Waals surface area (Å²) in [6.07, 6.45) is -5.34. The molecule has 0 saturated carbocycles. The maximum atomic E-state index is 14.6. The highest BCUT2D eigenvalue weighted by Crippen LogP contribution is 2.26. The van der Waals surface area contributed by atoms with E-state index in [2.05, 4.69) is 31.9 Å². The number of carboxylic acids is 1. The lowest BCUT2D eigenvalue weighted by molar-refractivity contribution is -0.158. The number of carboxylic acid groups (broad SMARTS) is 1. The first-order chi connectivity index (χ1) is 63.5. The van der Waals surface area contributed by atoms with E-state index in [0.717, 1.165) is 11.1 Å². The monoisotopic (exact) mass is 1880 g/mol. The van der Waals surface area contributed by atoms with Gasteiger partial charge in [-0.05, 0) is 143 Å². The number of benzene rings is 4. The summed E-state index contributed by atoms with van der Waals surface area (Å²) < 4.78 is 37.3. The molecule has 0 heterocycles. The van der Waals surface area contributed by atoms with Gasteiger partial charge in [-0.1, -0.05) is 113 Å². The Labute approximate surface area is 781 Å². The third kappa shape index (κ3) is 50.7. The standard InChI is InChI=1S/C57H77N3O15.C39H59N5O15/c1-38(2)31-47(60-56(70)44(35-54(68)75-57(4,5)6)34-51(65)48(58-39(3)61)32-40-20-23-45(62)24-21-40)50(64)33-43(22-26-52(66)73-36-41-15-10-8-11-16-41)55(69)59-46(49(63)19-14-28-72-30-29-71-7)25-27-53(67)74-37-42-17-12-9-13-18-42;1-23(2)18-30(42-39(55)27(22-37(52)53)21-34(49)31(40-24(3)45)19-25-7-10-28(46)11-8-25)33(48)20-26(9-13-35(50)43-56)38(54)41-29(12-14-36(51)44-57)32(47)6-5-15-59-17-16-58-4/h8-13,15-18,20-21,23-24,38,43-44,46-48,62H,14,19,22,25-37H2,1-7H3,(H,58,61)(H,59,69)(H,60,70);7-8,10-11,23,26-27,29-31,46,56-57H,5-6,9,12-22H2,1-4H3,(H,40,45)(H,41,54)(H,42,55)(H,43,50)(H,44,51)(H,52,53)/t43-,44+,46-,47-,48+;26-,27+,29-,30-,31+/m11/s1. The van der Waals surface area contributed by atoms with E-state index in [1.807, 2.05) is 26.0 Å². The second kappa shape index (κ2) is 63.9. The van der Waals surface area contributed by atoms with Crippen LogP contribution in [0.4, 0.5) is 0 Å².